The molecule has 0 N–H and O–H groups in total. The van der Waals surface area contributed by atoms with E-state index in [2.05, 4.69) is 51.5 Å². The van der Waals surface area contributed by atoms with Gasteiger partial charge >= 0.3 is 6.03 Å². The van der Waals surface area contributed by atoms with Gasteiger partial charge in [0.15, 0.2) is 0 Å². The van der Waals surface area contributed by atoms with Gasteiger partial charge in [-0.2, -0.15) is 0 Å². The molecule has 124 valence electrons. The van der Waals surface area contributed by atoms with E-state index in [1.165, 1.54) is 0 Å². The molecule has 1 fully saturated rings. The van der Waals surface area contributed by atoms with Gasteiger partial charge in [0.05, 0.1) is 0 Å². The van der Waals surface area contributed by atoms with Crippen LogP contribution in [0.1, 0.15) is 34.6 Å². The molecule has 0 aliphatic carbocycles. The van der Waals surface area contributed by atoms with Gasteiger partial charge in [-0.1, -0.05) is 0 Å². The Kier molecular flexibility index (Phi) is 6.94. The molecule has 0 aromatic rings. The predicted octanol–water partition coefficient (Wildman–Crippen LogP) is 1.79. The van der Waals surface area contributed by atoms with Crippen molar-refractivity contribution >= 4 is 6.03 Å². The van der Waals surface area contributed by atoms with Crippen LogP contribution in [-0.4, -0.2) is 90.6 Å². The molecule has 0 radical (unpaired) electrons. The van der Waals surface area contributed by atoms with Gasteiger partial charge in [-0.25, -0.2) is 4.79 Å². The molecular weight excluding hydrogens is 264 g/mol. The Morgan fingerprint density at radius 1 is 1.14 bits per heavy atom. The van der Waals surface area contributed by atoms with Crippen molar-refractivity contribution in [2.45, 2.75) is 52.7 Å². The smallest absolute Gasteiger partial charge is 0.320 e. The first-order chi connectivity index (χ1) is 9.73. The lowest BCUT2D eigenvalue weighted by atomic mass is 10.2. The first kappa shape index (κ1) is 18.2. The summed E-state index contributed by atoms with van der Waals surface area (Å²) in [5.41, 5.74) is 0. The zero-order valence-electron chi connectivity index (χ0n) is 15.0. The number of carbonyl (C=O) groups is 1. The number of nitrogens with zero attached hydrogens (tertiary/aromatic N) is 4. The molecule has 1 heterocycles. The van der Waals surface area contributed by atoms with Crippen LogP contribution in [0.3, 0.4) is 0 Å². The third-order valence-electron chi connectivity index (χ3n) is 4.73. The maximum absolute atomic E-state index is 12.4. The average molecular weight is 298 g/mol. The van der Waals surface area contributed by atoms with Crippen molar-refractivity contribution in [3.8, 4) is 0 Å². The van der Waals surface area contributed by atoms with Crippen LogP contribution in [0.4, 0.5) is 4.79 Å². The molecule has 2 amide bonds. The van der Waals surface area contributed by atoms with Crippen LogP contribution in [0.5, 0.6) is 0 Å². The molecular formula is C16H34N4O. The zero-order chi connectivity index (χ0) is 16.2. The van der Waals surface area contributed by atoms with Crippen LogP contribution >= 0.6 is 0 Å². The number of hydrogen-bond acceptors (Lipinski definition) is 3. The van der Waals surface area contributed by atoms with Crippen molar-refractivity contribution < 1.29 is 4.79 Å². The van der Waals surface area contributed by atoms with Gasteiger partial charge in [-0.15, -0.1) is 0 Å². The van der Waals surface area contributed by atoms with Crippen LogP contribution in [0.25, 0.3) is 0 Å². The van der Waals surface area contributed by atoms with Crippen LogP contribution in [0, 0.1) is 0 Å². The summed E-state index contributed by atoms with van der Waals surface area (Å²) < 4.78 is 0. The van der Waals surface area contributed by atoms with Crippen molar-refractivity contribution in [1.82, 2.24) is 19.6 Å². The minimum Gasteiger partial charge on any atom is -0.325 e. The fraction of sp³-hybridized carbons (Fsp3) is 0.938. The molecule has 1 saturated heterocycles. The lowest BCUT2D eigenvalue weighted by molar-refractivity contribution is 0.0733. The summed E-state index contributed by atoms with van der Waals surface area (Å²) in [5, 5.41) is 0. The van der Waals surface area contributed by atoms with Crippen LogP contribution in [0.2, 0.25) is 0 Å². The third-order valence-corrected chi connectivity index (χ3v) is 4.73. The lowest BCUT2D eigenvalue weighted by Gasteiger charge is -2.42. The van der Waals surface area contributed by atoms with E-state index in [0.717, 1.165) is 32.7 Å². The second kappa shape index (κ2) is 7.99. The molecule has 1 atom stereocenters. The van der Waals surface area contributed by atoms with Gasteiger partial charge in [0.2, 0.25) is 0 Å². The van der Waals surface area contributed by atoms with Crippen molar-refractivity contribution in [2.75, 3.05) is 46.8 Å². The highest BCUT2D eigenvalue weighted by Crippen LogP contribution is 2.12. The summed E-state index contributed by atoms with van der Waals surface area (Å²) in [6.45, 7) is 15.6. The second-order valence-electron chi connectivity index (χ2n) is 6.89. The molecule has 1 unspecified atom stereocenters. The molecule has 1 rings (SSSR count). The Labute approximate surface area is 130 Å². The summed E-state index contributed by atoms with van der Waals surface area (Å²) >= 11 is 0. The fourth-order valence-electron chi connectivity index (χ4n) is 2.49. The Morgan fingerprint density at radius 3 is 2.24 bits per heavy atom. The molecule has 1 aliphatic heterocycles. The summed E-state index contributed by atoms with van der Waals surface area (Å²) in [4.78, 5) is 21.1. The normalized spacial score (nSPS) is 20.7. The van der Waals surface area contributed by atoms with Crippen LogP contribution < -0.4 is 0 Å². The van der Waals surface area contributed by atoms with E-state index in [4.69, 9.17) is 0 Å². The maximum Gasteiger partial charge on any atom is 0.320 e. The third kappa shape index (κ3) is 5.15. The maximum atomic E-state index is 12.4. The quantitative estimate of drug-likeness (QED) is 0.775. The van der Waals surface area contributed by atoms with Crippen molar-refractivity contribution in [3.63, 3.8) is 0 Å². The minimum atomic E-state index is 0.163. The SMILES string of the molecule is CC(C)N(C)CCN1CCN(C(=O)N(C)C(C)C)CC1C. The predicted molar refractivity (Wildman–Crippen MR) is 88.7 cm³/mol. The van der Waals surface area contributed by atoms with Gasteiger partial charge in [0, 0.05) is 57.9 Å². The van der Waals surface area contributed by atoms with Crippen LogP contribution in [-0.2, 0) is 0 Å². The Hall–Kier alpha value is -0.810. The van der Waals surface area contributed by atoms with E-state index in [1.807, 2.05) is 16.8 Å². The first-order valence-corrected chi connectivity index (χ1v) is 8.20. The van der Waals surface area contributed by atoms with E-state index >= 15 is 0 Å². The Bertz CT molecular complexity index is 332. The van der Waals surface area contributed by atoms with Gasteiger partial charge in [0.25, 0.3) is 0 Å². The van der Waals surface area contributed by atoms with Crippen molar-refractivity contribution in [2.24, 2.45) is 0 Å². The highest BCUT2D eigenvalue weighted by Gasteiger charge is 2.28. The number of hydrogen-bond donors (Lipinski definition) is 0. The van der Waals surface area contributed by atoms with Crippen molar-refractivity contribution in [1.29, 1.82) is 0 Å². The van der Waals surface area contributed by atoms with Gasteiger partial charge in [-0.05, 0) is 41.7 Å². The molecule has 0 spiro atoms. The number of piperazine rings is 1. The molecule has 1 aliphatic rings. The van der Waals surface area contributed by atoms with E-state index in [-0.39, 0.29) is 12.1 Å². The average Bonchev–Trinajstić information content (AvgIpc) is 2.43. The lowest BCUT2D eigenvalue weighted by Crippen LogP contribution is -2.57. The van der Waals surface area contributed by atoms with E-state index < -0.39 is 0 Å². The standard InChI is InChI=1S/C16H34N4O/c1-13(2)17(6)8-9-19-10-11-20(12-15(19)5)16(21)18(7)14(3)4/h13-15H,8-12H2,1-7H3. The highest BCUT2D eigenvalue weighted by atomic mass is 16.2. The molecule has 0 bridgehead atoms. The molecule has 0 aromatic carbocycles. The van der Waals surface area contributed by atoms with E-state index in [1.54, 1.807) is 0 Å². The number of carbonyl (C=O) groups excluding carboxylic acids is 1. The summed E-state index contributed by atoms with van der Waals surface area (Å²) in [6.07, 6.45) is 0. The summed E-state index contributed by atoms with van der Waals surface area (Å²) in [6, 6.07) is 1.44. The fourth-order valence-corrected chi connectivity index (χ4v) is 2.49. The zero-order valence-corrected chi connectivity index (χ0v) is 15.0. The summed E-state index contributed by atoms with van der Waals surface area (Å²) in [7, 11) is 4.06. The topological polar surface area (TPSA) is 30.0 Å². The monoisotopic (exact) mass is 298 g/mol. The van der Waals surface area contributed by atoms with Crippen molar-refractivity contribution in [3.05, 3.63) is 0 Å². The van der Waals surface area contributed by atoms with Crippen LogP contribution in [0.15, 0.2) is 0 Å². The number of likely N-dealkylation sites (N-methyl/N-ethyl adjacent to an activating group) is 1. The van der Waals surface area contributed by atoms with E-state index in [0.29, 0.717) is 12.1 Å². The number of urea groups is 1. The Morgan fingerprint density at radius 2 is 1.76 bits per heavy atom. The number of amides is 2. The van der Waals surface area contributed by atoms with E-state index in [9.17, 15) is 4.79 Å². The molecule has 0 saturated carbocycles. The molecule has 5 nitrogen and oxygen atoms in total. The minimum absolute atomic E-state index is 0.163. The molecule has 21 heavy (non-hydrogen) atoms. The van der Waals surface area contributed by atoms with Gasteiger partial charge in [-0.3, -0.25) is 4.90 Å². The second-order valence-corrected chi connectivity index (χ2v) is 6.89. The van der Waals surface area contributed by atoms with Gasteiger partial charge in [0.1, 0.15) is 0 Å². The highest BCUT2D eigenvalue weighted by molar-refractivity contribution is 5.74. The number of rotatable bonds is 5. The summed E-state index contributed by atoms with van der Waals surface area (Å²) in [5.74, 6) is 0. The molecule has 5 heteroatoms. The van der Waals surface area contributed by atoms with Gasteiger partial charge < -0.3 is 14.7 Å². The largest absolute Gasteiger partial charge is 0.325 e. The molecule has 0 aromatic heterocycles. The Balaban J connectivity index is 2.45. The first-order valence-electron chi connectivity index (χ1n) is 8.20.